The Morgan fingerprint density at radius 1 is 1.22 bits per heavy atom. The van der Waals surface area contributed by atoms with Crippen molar-refractivity contribution in [1.29, 1.82) is 0 Å². The van der Waals surface area contributed by atoms with Gasteiger partial charge in [0.2, 0.25) is 0 Å². The second-order valence-corrected chi connectivity index (χ2v) is 7.18. The van der Waals surface area contributed by atoms with E-state index in [-0.39, 0.29) is 0 Å². The third-order valence-electron chi connectivity index (χ3n) is 4.07. The topological polar surface area (TPSA) is 12.0 Å². The van der Waals surface area contributed by atoms with Gasteiger partial charge in [-0.3, -0.25) is 0 Å². The first-order chi connectivity index (χ1) is 8.79. The molecule has 1 nitrogen and oxygen atoms in total. The van der Waals surface area contributed by atoms with Crippen molar-refractivity contribution in [3.05, 3.63) is 21.3 Å². The molecule has 2 rings (SSSR count). The predicted octanol–water partition coefficient (Wildman–Crippen LogP) is 4.75. The summed E-state index contributed by atoms with van der Waals surface area (Å²) in [5.74, 6) is 1.70. The summed E-state index contributed by atoms with van der Waals surface area (Å²) in [6.07, 6.45) is 8.27. The van der Waals surface area contributed by atoms with Gasteiger partial charge >= 0.3 is 0 Å². The summed E-state index contributed by atoms with van der Waals surface area (Å²) in [5.41, 5.74) is 0. The van der Waals surface area contributed by atoms with Gasteiger partial charge in [-0.15, -0.1) is 11.3 Å². The summed E-state index contributed by atoms with van der Waals surface area (Å²) in [7, 11) is 0. The Labute approximate surface area is 120 Å². The van der Waals surface area contributed by atoms with Gasteiger partial charge in [-0.05, 0) is 56.3 Å². The van der Waals surface area contributed by atoms with Gasteiger partial charge in [-0.2, -0.15) is 0 Å². The zero-order valence-electron chi connectivity index (χ0n) is 11.3. The van der Waals surface area contributed by atoms with E-state index in [4.69, 9.17) is 11.6 Å². The van der Waals surface area contributed by atoms with Gasteiger partial charge in [0, 0.05) is 4.88 Å². The van der Waals surface area contributed by atoms with E-state index in [1.54, 1.807) is 11.3 Å². The molecule has 0 spiro atoms. The van der Waals surface area contributed by atoms with Crippen LogP contribution in [0.25, 0.3) is 0 Å². The maximum Gasteiger partial charge on any atom is 0.0931 e. The first-order valence-electron chi connectivity index (χ1n) is 7.24. The minimum Gasteiger partial charge on any atom is -0.317 e. The highest BCUT2D eigenvalue weighted by Crippen LogP contribution is 2.33. The molecule has 1 fully saturated rings. The Morgan fingerprint density at radius 3 is 2.67 bits per heavy atom. The third kappa shape index (κ3) is 4.25. The SMILES string of the molecule is CCNCC1CCCCCC1Cc1ccc(Cl)s1. The molecule has 3 heteroatoms. The molecule has 1 aromatic rings. The summed E-state index contributed by atoms with van der Waals surface area (Å²) in [5, 5.41) is 3.54. The molecular weight excluding hydrogens is 262 g/mol. The summed E-state index contributed by atoms with van der Waals surface area (Å²) < 4.78 is 0.932. The van der Waals surface area contributed by atoms with Crippen LogP contribution in [0, 0.1) is 11.8 Å². The van der Waals surface area contributed by atoms with Gasteiger partial charge in [0.15, 0.2) is 0 Å². The van der Waals surface area contributed by atoms with E-state index >= 15 is 0 Å². The van der Waals surface area contributed by atoms with Crippen LogP contribution >= 0.6 is 22.9 Å². The summed E-state index contributed by atoms with van der Waals surface area (Å²) >= 11 is 7.80. The van der Waals surface area contributed by atoms with E-state index in [0.29, 0.717) is 0 Å². The number of hydrogen-bond acceptors (Lipinski definition) is 2. The first-order valence-corrected chi connectivity index (χ1v) is 8.44. The lowest BCUT2D eigenvalue weighted by molar-refractivity contribution is 0.301. The molecule has 102 valence electrons. The quantitative estimate of drug-likeness (QED) is 0.770. The van der Waals surface area contributed by atoms with Gasteiger partial charge in [0.1, 0.15) is 0 Å². The highest BCUT2D eigenvalue weighted by atomic mass is 35.5. The lowest BCUT2D eigenvalue weighted by Crippen LogP contribution is -2.28. The van der Waals surface area contributed by atoms with E-state index in [2.05, 4.69) is 18.3 Å². The highest BCUT2D eigenvalue weighted by molar-refractivity contribution is 7.16. The molecule has 2 atom stereocenters. The Kier molecular flexibility index (Phi) is 6.00. The fourth-order valence-corrected chi connectivity index (χ4v) is 4.23. The smallest absolute Gasteiger partial charge is 0.0931 e. The maximum atomic E-state index is 6.04. The van der Waals surface area contributed by atoms with Gasteiger partial charge < -0.3 is 5.32 Å². The molecule has 2 unspecified atom stereocenters. The second-order valence-electron chi connectivity index (χ2n) is 5.38. The fourth-order valence-electron chi connectivity index (χ4n) is 3.05. The van der Waals surface area contributed by atoms with Crippen LogP contribution in [0.1, 0.15) is 43.9 Å². The Bertz CT molecular complexity index is 350. The first kappa shape index (κ1) is 14.4. The number of halogens is 1. The zero-order chi connectivity index (χ0) is 12.8. The minimum absolute atomic E-state index is 0.848. The largest absolute Gasteiger partial charge is 0.317 e. The van der Waals surface area contributed by atoms with Crippen LogP contribution in [0.4, 0.5) is 0 Å². The summed E-state index contributed by atoms with van der Waals surface area (Å²) in [4.78, 5) is 1.47. The summed E-state index contributed by atoms with van der Waals surface area (Å²) in [6, 6.07) is 4.25. The summed E-state index contributed by atoms with van der Waals surface area (Å²) in [6.45, 7) is 4.49. The molecule has 1 aliphatic carbocycles. The van der Waals surface area contributed by atoms with E-state index < -0.39 is 0 Å². The molecule has 18 heavy (non-hydrogen) atoms. The van der Waals surface area contributed by atoms with Crippen LogP contribution < -0.4 is 5.32 Å². The third-order valence-corrected chi connectivity index (χ3v) is 5.32. The highest BCUT2D eigenvalue weighted by Gasteiger charge is 2.23. The van der Waals surface area contributed by atoms with Crippen LogP contribution in [0.15, 0.2) is 12.1 Å². The lowest BCUT2D eigenvalue weighted by Gasteiger charge is -2.25. The lowest BCUT2D eigenvalue weighted by atomic mass is 9.85. The van der Waals surface area contributed by atoms with Crippen LogP contribution in [0.3, 0.4) is 0 Å². The van der Waals surface area contributed by atoms with E-state index in [1.165, 1.54) is 49.9 Å². The predicted molar refractivity (Wildman–Crippen MR) is 81.6 cm³/mol. The molecule has 1 aliphatic rings. The second kappa shape index (κ2) is 7.52. The van der Waals surface area contributed by atoms with Crippen LogP contribution in [0.5, 0.6) is 0 Å². The van der Waals surface area contributed by atoms with Gasteiger partial charge in [-0.25, -0.2) is 0 Å². The molecule has 0 amide bonds. The van der Waals surface area contributed by atoms with Crippen molar-refractivity contribution in [3.63, 3.8) is 0 Å². The molecule has 0 saturated heterocycles. The zero-order valence-corrected chi connectivity index (χ0v) is 12.8. The molecule has 0 radical (unpaired) electrons. The molecule has 1 heterocycles. The van der Waals surface area contributed by atoms with Gasteiger partial charge in [-0.1, -0.05) is 37.8 Å². The normalized spacial score (nSPS) is 25.0. The van der Waals surface area contributed by atoms with Gasteiger partial charge in [0.05, 0.1) is 4.34 Å². The Balaban J connectivity index is 1.96. The van der Waals surface area contributed by atoms with Crippen molar-refractivity contribution < 1.29 is 0 Å². The monoisotopic (exact) mass is 285 g/mol. The van der Waals surface area contributed by atoms with E-state index in [0.717, 1.165) is 22.7 Å². The number of rotatable bonds is 5. The molecule has 0 bridgehead atoms. The van der Waals surface area contributed by atoms with Crippen molar-refractivity contribution in [2.75, 3.05) is 13.1 Å². The van der Waals surface area contributed by atoms with Crippen LogP contribution in [-0.2, 0) is 6.42 Å². The average Bonchev–Trinajstić information content (AvgIpc) is 2.64. The van der Waals surface area contributed by atoms with E-state index in [1.807, 2.05) is 6.07 Å². The molecule has 1 aromatic heterocycles. The Hall–Kier alpha value is -0.0500. The van der Waals surface area contributed by atoms with Crippen molar-refractivity contribution in [2.45, 2.75) is 45.4 Å². The maximum absolute atomic E-state index is 6.04. The fraction of sp³-hybridized carbons (Fsp3) is 0.733. The average molecular weight is 286 g/mol. The Morgan fingerprint density at radius 2 is 2.00 bits per heavy atom. The number of thiophene rings is 1. The van der Waals surface area contributed by atoms with Crippen molar-refractivity contribution in [2.24, 2.45) is 11.8 Å². The van der Waals surface area contributed by atoms with Gasteiger partial charge in [0.25, 0.3) is 0 Å². The van der Waals surface area contributed by atoms with Crippen LogP contribution in [0.2, 0.25) is 4.34 Å². The molecule has 0 aliphatic heterocycles. The molecule has 1 saturated carbocycles. The van der Waals surface area contributed by atoms with E-state index in [9.17, 15) is 0 Å². The van der Waals surface area contributed by atoms with Crippen molar-refractivity contribution >= 4 is 22.9 Å². The standard InChI is InChI=1S/C15H24ClNS/c1-2-17-11-13-7-5-3-4-6-12(13)10-14-8-9-15(16)18-14/h8-9,12-13,17H,2-7,10-11H2,1H3. The molecular formula is C15H24ClNS. The van der Waals surface area contributed by atoms with Crippen LogP contribution in [-0.4, -0.2) is 13.1 Å². The van der Waals surface area contributed by atoms with Crippen molar-refractivity contribution in [3.8, 4) is 0 Å². The molecule has 0 aromatic carbocycles. The molecule has 1 N–H and O–H groups in total. The number of hydrogen-bond donors (Lipinski definition) is 1. The number of nitrogens with one attached hydrogen (secondary N) is 1. The van der Waals surface area contributed by atoms with Crippen molar-refractivity contribution in [1.82, 2.24) is 5.32 Å². The minimum atomic E-state index is 0.848.